The van der Waals surface area contributed by atoms with E-state index in [9.17, 15) is 9.59 Å². The Balaban J connectivity index is 1.57. The molecule has 0 aliphatic carbocycles. The van der Waals surface area contributed by atoms with Crippen LogP contribution in [-0.4, -0.2) is 35.1 Å². The minimum Gasteiger partial charge on any atom is -0.356 e. The van der Waals surface area contributed by atoms with E-state index in [1.54, 1.807) is 0 Å². The molecule has 2 heterocycles. The molecule has 2 aromatic carbocycles. The van der Waals surface area contributed by atoms with Gasteiger partial charge in [-0.1, -0.05) is 55.8 Å². The molecule has 6 nitrogen and oxygen atoms in total. The van der Waals surface area contributed by atoms with E-state index in [-0.39, 0.29) is 17.4 Å². The van der Waals surface area contributed by atoms with Crippen LogP contribution in [0.25, 0.3) is 11.0 Å². The van der Waals surface area contributed by atoms with Gasteiger partial charge >= 0.3 is 0 Å². The summed E-state index contributed by atoms with van der Waals surface area (Å²) in [5.41, 5.74) is 2.65. The fourth-order valence-corrected chi connectivity index (χ4v) is 4.19. The molecule has 4 rings (SSSR count). The lowest BCUT2D eigenvalue weighted by atomic mass is 9.96. The highest BCUT2D eigenvalue weighted by atomic mass is 16.2. The van der Waals surface area contributed by atoms with Crippen molar-refractivity contribution < 1.29 is 4.79 Å². The molecule has 3 aromatic rings. The summed E-state index contributed by atoms with van der Waals surface area (Å²) in [6.45, 7) is 4.69. The van der Waals surface area contributed by atoms with E-state index in [4.69, 9.17) is 4.98 Å². The number of benzene rings is 2. The predicted molar refractivity (Wildman–Crippen MR) is 124 cm³/mol. The van der Waals surface area contributed by atoms with Crippen molar-refractivity contribution in [3.05, 3.63) is 70.5 Å². The van der Waals surface area contributed by atoms with Gasteiger partial charge in [0, 0.05) is 25.6 Å². The molecule has 1 amide bonds. The largest absolute Gasteiger partial charge is 0.356 e. The van der Waals surface area contributed by atoms with Crippen molar-refractivity contribution in [2.45, 2.75) is 39.2 Å². The highest BCUT2D eigenvalue weighted by Crippen LogP contribution is 2.22. The maximum absolute atomic E-state index is 13.5. The first kappa shape index (κ1) is 21.1. The molecule has 1 saturated heterocycles. The molecule has 0 spiro atoms. The Labute approximate surface area is 182 Å². The summed E-state index contributed by atoms with van der Waals surface area (Å²) in [5, 5.41) is 3.04. The highest BCUT2D eigenvalue weighted by Gasteiger charge is 2.27. The number of unbranched alkanes of at least 4 members (excludes halogenated alkanes) is 1. The zero-order valence-corrected chi connectivity index (χ0v) is 18.1. The molecule has 1 fully saturated rings. The van der Waals surface area contributed by atoms with Gasteiger partial charge in [-0.3, -0.25) is 14.2 Å². The topological polar surface area (TPSA) is 67.2 Å². The van der Waals surface area contributed by atoms with Crippen LogP contribution in [0.3, 0.4) is 0 Å². The number of para-hydroxylation sites is 2. The van der Waals surface area contributed by atoms with Gasteiger partial charge in [-0.05, 0) is 37.0 Å². The number of fused-ring (bicyclic) bond motifs is 1. The minimum atomic E-state index is -0.0756. The molecule has 0 atom stereocenters. The number of amides is 1. The van der Waals surface area contributed by atoms with Gasteiger partial charge in [0.2, 0.25) is 5.91 Å². The molecular formula is C25H30N4O2. The summed E-state index contributed by atoms with van der Waals surface area (Å²) in [5.74, 6) is 0.639. The number of hydrogen-bond donors (Lipinski definition) is 1. The van der Waals surface area contributed by atoms with E-state index in [0.717, 1.165) is 48.8 Å². The lowest BCUT2D eigenvalue weighted by Gasteiger charge is -2.32. The van der Waals surface area contributed by atoms with Crippen molar-refractivity contribution >= 4 is 22.8 Å². The summed E-state index contributed by atoms with van der Waals surface area (Å²) in [4.78, 5) is 32.6. The number of rotatable bonds is 7. The van der Waals surface area contributed by atoms with Crippen LogP contribution in [0.1, 0.15) is 38.2 Å². The van der Waals surface area contributed by atoms with Gasteiger partial charge in [0.1, 0.15) is 0 Å². The summed E-state index contributed by atoms with van der Waals surface area (Å²) >= 11 is 0. The molecule has 1 aliphatic heterocycles. The lowest BCUT2D eigenvalue weighted by molar-refractivity contribution is -0.125. The number of carbonyl (C=O) groups is 1. The molecule has 162 valence electrons. The molecule has 0 saturated carbocycles. The normalized spacial score (nSPS) is 14.7. The number of anilines is 1. The van der Waals surface area contributed by atoms with Crippen molar-refractivity contribution in [3.63, 3.8) is 0 Å². The first-order valence-corrected chi connectivity index (χ1v) is 11.2. The fourth-order valence-electron chi connectivity index (χ4n) is 4.19. The van der Waals surface area contributed by atoms with Crippen LogP contribution < -0.4 is 15.8 Å². The number of nitrogens with zero attached hydrogens (tertiary/aromatic N) is 3. The highest BCUT2D eigenvalue weighted by molar-refractivity contribution is 5.79. The van der Waals surface area contributed by atoms with Crippen LogP contribution >= 0.6 is 0 Å². The number of piperidine rings is 1. The van der Waals surface area contributed by atoms with E-state index >= 15 is 0 Å². The Morgan fingerprint density at radius 2 is 1.77 bits per heavy atom. The molecule has 0 radical (unpaired) electrons. The average Bonchev–Trinajstić information content (AvgIpc) is 2.81. The second-order valence-corrected chi connectivity index (χ2v) is 8.21. The van der Waals surface area contributed by atoms with Crippen molar-refractivity contribution in [3.8, 4) is 0 Å². The van der Waals surface area contributed by atoms with E-state index in [1.807, 2.05) is 64.1 Å². The van der Waals surface area contributed by atoms with Gasteiger partial charge in [-0.15, -0.1) is 0 Å². The number of hydrogen-bond acceptors (Lipinski definition) is 4. The van der Waals surface area contributed by atoms with Gasteiger partial charge in [-0.25, -0.2) is 4.98 Å². The number of carbonyl (C=O) groups excluding carboxylic acids is 1. The van der Waals surface area contributed by atoms with E-state index in [2.05, 4.69) is 12.2 Å². The van der Waals surface area contributed by atoms with Crippen LogP contribution in [-0.2, 0) is 11.3 Å². The maximum atomic E-state index is 13.5. The monoisotopic (exact) mass is 418 g/mol. The van der Waals surface area contributed by atoms with Crippen molar-refractivity contribution in [2.24, 2.45) is 5.92 Å². The molecule has 6 heteroatoms. The first-order chi connectivity index (χ1) is 15.2. The Kier molecular flexibility index (Phi) is 6.65. The SMILES string of the molecule is CCCCNC(=O)C1CCN(c2nc3ccccc3n(Cc3ccccc3)c2=O)CC1. The molecule has 31 heavy (non-hydrogen) atoms. The number of aromatic nitrogens is 2. The maximum Gasteiger partial charge on any atom is 0.294 e. The molecule has 1 aromatic heterocycles. The standard InChI is InChI=1S/C25H30N4O2/c1-2-3-15-26-24(30)20-13-16-28(17-14-20)23-25(31)29(18-19-9-5-4-6-10-19)22-12-8-7-11-21(22)27-23/h4-12,20H,2-3,13-18H2,1H3,(H,26,30). The number of nitrogens with one attached hydrogen (secondary N) is 1. The Morgan fingerprint density at radius 1 is 1.06 bits per heavy atom. The average molecular weight is 419 g/mol. The molecular weight excluding hydrogens is 388 g/mol. The first-order valence-electron chi connectivity index (χ1n) is 11.2. The lowest BCUT2D eigenvalue weighted by Crippen LogP contribution is -2.43. The van der Waals surface area contributed by atoms with Gasteiger partial charge in [0.15, 0.2) is 5.82 Å². The van der Waals surface area contributed by atoms with E-state index < -0.39 is 0 Å². The van der Waals surface area contributed by atoms with Crippen LogP contribution in [0.5, 0.6) is 0 Å². The van der Waals surface area contributed by atoms with Crippen molar-refractivity contribution in [1.29, 1.82) is 0 Å². The summed E-state index contributed by atoms with van der Waals surface area (Å²) < 4.78 is 1.82. The fraction of sp³-hybridized carbons (Fsp3) is 0.400. The third kappa shape index (κ3) is 4.79. The Morgan fingerprint density at radius 3 is 2.52 bits per heavy atom. The van der Waals surface area contributed by atoms with Gasteiger partial charge in [-0.2, -0.15) is 0 Å². The zero-order valence-electron chi connectivity index (χ0n) is 18.1. The Bertz CT molecular complexity index is 1090. The second-order valence-electron chi connectivity index (χ2n) is 8.21. The third-order valence-corrected chi connectivity index (χ3v) is 6.01. The van der Waals surface area contributed by atoms with Crippen molar-refractivity contribution in [1.82, 2.24) is 14.9 Å². The van der Waals surface area contributed by atoms with Gasteiger partial charge < -0.3 is 10.2 Å². The summed E-state index contributed by atoms with van der Waals surface area (Å²) in [7, 11) is 0. The van der Waals surface area contributed by atoms with Crippen LogP contribution in [0, 0.1) is 5.92 Å². The summed E-state index contributed by atoms with van der Waals surface area (Å²) in [6, 6.07) is 17.8. The van der Waals surface area contributed by atoms with Gasteiger partial charge in [0.25, 0.3) is 5.56 Å². The second kappa shape index (κ2) is 9.77. The zero-order chi connectivity index (χ0) is 21.6. The van der Waals surface area contributed by atoms with Crippen LogP contribution in [0.2, 0.25) is 0 Å². The molecule has 1 aliphatic rings. The smallest absolute Gasteiger partial charge is 0.294 e. The summed E-state index contributed by atoms with van der Waals surface area (Å²) in [6.07, 6.45) is 3.56. The molecule has 0 bridgehead atoms. The Hall–Kier alpha value is -3.15. The molecule has 1 N–H and O–H groups in total. The van der Waals surface area contributed by atoms with E-state index in [1.165, 1.54) is 0 Å². The minimum absolute atomic E-state index is 0.0140. The van der Waals surface area contributed by atoms with E-state index in [0.29, 0.717) is 25.5 Å². The third-order valence-electron chi connectivity index (χ3n) is 6.01. The predicted octanol–water partition coefficient (Wildman–Crippen LogP) is 3.58. The van der Waals surface area contributed by atoms with Gasteiger partial charge in [0.05, 0.1) is 17.6 Å². The quantitative estimate of drug-likeness (QED) is 0.596. The van der Waals surface area contributed by atoms with Crippen molar-refractivity contribution in [2.75, 3.05) is 24.5 Å². The molecule has 0 unspecified atom stereocenters. The van der Waals surface area contributed by atoms with Crippen LogP contribution in [0.4, 0.5) is 5.82 Å². The van der Waals surface area contributed by atoms with Crippen LogP contribution in [0.15, 0.2) is 59.4 Å².